The Kier molecular flexibility index (Phi) is 13.4. The molecule has 0 saturated heterocycles. The monoisotopic (exact) mass is 360 g/mol. The first-order chi connectivity index (χ1) is 8.68. The zero-order valence-corrected chi connectivity index (χ0v) is 16.6. The summed E-state index contributed by atoms with van der Waals surface area (Å²) in [5.74, 6) is 0. The Morgan fingerprint density at radius 1 is 0.556 bits per heavy atom. The van der Waals surface area contributed by atoms with Gasteiger partial charge in [0.2, 0.25) is 0 Å². The molecule has 0 aliphatic rings. The first-order valence-corrected chi connectivity index (χ1v) is 10.1. The van der Waals surface area contributed by atoms with Crippen LogP contribution in [0.5, 0.6) is 0 Å². The molecule has 0 aliphatic heterocycles. The van der Waals surface area contributed by atoms with Crippen LogP contribution in [0.1, 0.15) is 104 Å². The quantitative estimate of drug-likeness (QED) is 0.272. The van der Waals surface area contributed by atoms with Crippen molar-refractivity contribution in [2.24, 2.45) is 0 Å². The van der Waals surface area contributed by atoms with Gasteiger partial charge in [0.1, 0.15) is 0 Å². The molecule has 0 aliphatic carbocycles. The van der Waals surface area contributed by atoms with Crippen molar-refractivity contribution >= 4 is 22.5 Å². The molecule has 0 aromatic rings. The number of hydrogen-bond acceptors (Lipinski definition) is 0. The van der Waals surface area contributed by atoms with Crippen molar-refractivity contribution in [2.45, 2.75) is 108 Å². The number of rotatable bonds is 13. The van der Waals surface area contributed by atoms with Gasteiger partial charge in [0.05, 0.1) is 0 Å². The minimum absolute atomic E-state index is 0.780. The third kappa shape index (κ3) is 10.7. The average molecular weight is 359 g/mol. The molecule has 0 bridgehead atoms. The molecule has 1 heteroatoms. The summed E-state index contributed by atoms with van der Waals surface area (Å²) in [4.78, 5) is 0. The summed E-state index contributed by atoms with van der Waals surface area (Å²) in [6.45, 7) is 6.97. The first kappa shape index (κ1) is 18.8. The Morgan fingerprint density at radius 2 is 0.944 bits per heavy atom. The van der Waals surface area contributed by atoms with Crippen LogP contribution in [0, 0.1) is 0 Å². The Morgan fingerprint density at radius 3 is 1.33 bits per heavy atom. The maximum absolute atomic E-state index is 2.34. The van der Waals surface area contributed by atoms with Gasteiger partial charge in [0.15, 0.2) is 0 Å². The van der Waals surface area contributed by atoms with Crippen LogP contribution in [0.25, 0.3) is 0 Å². The van der Waals surface area contributed by atoms with Crippen LogP contribution < -0.4 is 0 Å². The molecular weight excluding hydrogens is 323 g/mol. The van der Waals surface area contributed by atoms with Crippen LogP contribution >= 0.6 is 0 Å². The number of hydrogen-bond donors (Lipinski definition) is 0. The van der Waals surface area contributed by atoms with Gasteiger partial charge in [-0.15, -0.1) is 0 Å². The van der Waals surface area contributed by atoms with Crippen LogP contribution in [-0.2, 0) is 0 Å². The fourth-order valence-corrected chi connectivity index (χ4v) is 4.46. The summed E-state index contributed by atoms with van der Waals surface area (Å²) in [5.41, 5.74) is 0. The normalized spacial score (nSPS) is 12.0. The van der Waals surface area contributed by atoms with E-state index < -0.39 is 0 Å². The maximum atomic E-state index is 2.34. The average Bonchev–Trinajstić information content (AvgIpc) is 2.38. The van der Waals surface area contributed by atoms with Crippen LogP contribution in [0.4, 0.5) is 0 Å². The van der Waals surface area contributed by atoms with Gasteiger partial charge in [-0.3, -0.25) is 0 Å². The van der Waals surface area contributed by atoms with Gasteiger partial charge in [-0.1, -0.05) is 0 Å². The summed E-state index contributed by atoms with van der Waals surface area (Å²) in [5, 5.41) is 0. The van der Waals surface area contributed by atoms with E-state index in [1.807, 2.05) is 0 Å². The van der Waals surface area contributed by atoms with E-state index in [1.54, 1.807) is 0 Å². The number of unbranched alkanes of at least 4 members (excludes halogenated alkanes) is 7. The van der Waals surface area contributed by atoms with Crippen molar-refractivity contribution in [3.63, 3.8) is 0 Å². The summed E-state index contributed by atoms with van der Waals surface area (Å²) < 4.78 is 0.780. The molecule has 108 valence electrons. The Hall–Kier alpha value is 0.799. The third-order valence-electron chi connectivity index (χ3n) is 4.08. The minimum atomic E-state index is 0.780. The second kappa shape index (κ2) is 12.8. The van der Waals surface area contributed by atoms with Gasteiger partial charge in [-0.2, -0.15) is 0 Å². The second-order valence-corrected chi connectivity index (χ2v) is 9.58. The molecule has 0 nitrogen and oxygen atoms in total. The van der Waals surface area contributed by atoms with Gasteiger partial charge < -0.3 is 0 Å². The summed E-state index contributed by atoms with van der Waals surface area (Å²) in [6.07, 6.45) is 19.0. The Balaban J connectivity index is 3.90. The van der Waals surface area contributed by atoms with Crippen LogP contribution in [-0.4, -0.2) is 22.5 Å². The topological polar surface area (TPSA) is 0 Å². The van der Waals surface area contributed by atoms with Crippen molar-refractivity contribution in [3.05, 3.63) is 0 Å². The van der Waals surface area contributed by atoms with E-state index in [1.165, 1.54) is 106 Å². The van der Waals surface area contributed by atoms with Gasteiger partial charge >= 0.3 is 130 Å². The van der Waals surface area contributed by atoms with E-state index in [9.17, 15) is 0 Å². The Labute approximate surface area is 130 Å². The van der Waals surface area contributed by atoms with E-state index in [2.05, 4.69) is 20.8 Å². The molecule has 0 unspecified atom stereocenters. The van der Waals surface area contributed by atoms with Crippen molar-refractivity contribution < 1.29 is 0 Å². The summed E-state index contributed by atoms with van der Waals surface area (Å²) >= 11 is 1.49. The van der Waals surface area contributed by atoms with Crippen LogP contribution in [0.2, 0.25) is 3.43 Å². The molecule has 0 aromatic carbocycles. The zero-order valence-electron chi connectivity index (χ0n) is 13.3. The molecule has 0 fully saturated rings. The van der Waals surface area contributed by atoms with E-state index in [4.69, 9.17) is 0 Å². The SMILES string of the molecule is CCCCCC[C]([SnH])(CCCC)CCCCCC. The fourth-order valence-electron chi connectivity index (χ4n) is 2.71. The van der Waals surface area contributed by atoms with E-state index in [0.717, 1.165) is 3.43 Å². The predicted octanol–water partition coefficient (Wildman–Crippen LogP) is 6.18. The molecule has 0 N–H and O–H groups in total. The van der Waals surface area contributed by atoms with Gasteiger partial charge in [-0.05, 0) is 0 Å². The van der Waals surface area contributed by atoms with Gasteiger partial charge in [0, 0.05) is 0 Å². The zero-order chi connectivity index (χ0) is 13.7. The van der Waals surface area contributed by atoms with Crippen molar-refractivity contribution in [1.82, 2.24) is 0 Å². The van der Waals surface area contributed by atoms with Crippen LogP contribution in [0.3, 0.4) is 0 Å². The van der Waals surface area contributed by atoms with Gasteiger partial charge in [0.25, 0.3) is 0 Å². The van der Waals surface area contributed by atoms with Crippen molar-refractivity contribution in [1.29, 1.82) is 0 Å². The molecule has 2 radical (unpaired) electrons. The predicted molar refractivity (Wildman–Crippen MR) is 86.9 cm³/mol. The molecule has 0 heterocycles. The standard InChI is InChI=1S/C17H35.Sn.H/c1-4-7-10-12-15-17(14-9-6-3)16-13-11-8-5-2;;/h4-16H2,1-3H3;;. The Bertz CT molecular complexity index is 153. The third-order valence-corrected chi connectivity index (χ3v) is 6.56. The molecule has 0 amide bonds. The molecule has 0 spiro atoms. The summed E-state index contributed by atoms with van der Waals surface area (Å²) in [6, 6.07) is 0. The van der Waals surface area contributed by atoms with E-state index >= 15 is 0 Å². The molecule has 18 heavy (non-hydrogen) atoms. The molecule has 0 atom stereocenters. The second-order valence-electron chi connectivity index (χ2n) is 6.09. The van der Waals surface area contributed by atoms with E-state index in [0.29, 0.717) is 0 Å². The van der Waals surface area contributed by atoms with E-state index in [-0.39, 0.29) is 0 Å². The van der Waals surface area contributed by atoms with Gasteiger partial charge in [-0.25, -0.2) is 0 Å². The fraction of sp³-hybridized carbons (Fsp3) is 1.00. The van der Waals surface area contributed by atoms with Crippen LogP contribution in [0.15, 0.2) is 0 Å². The molecule has 0 saturated carbocycles. The van der Waals surface area contributed by atoms with Crippen molar-refractivity contribution in [2.75, 3.05) is 0 Å². The molecule has 0 aromatic heterocycles. The molecular formula is C17H36Sn. The molecule has 0 rings (SSSR count). The first-order valence-electron chi connectivity index (χ1n) is 8.47. The van der Waals surface area contributed by atoms with Crippen molar-refractivity contribution in [3.8, 4) is 0 Å². The summed E-state index contributed by atoms with van der Waals surface area (Å²) in [7, 11) is 0.